The van der Waals surface area contributed by atoms with Crippen LogP contribution in [0.3, 0.4) is 0 Å². The lowest BCUT2D eigenvalue weighted by molar-refractivity contribution is -0.118. The molecule has 0 saturated heterocycles. The van der Waals surface area contributed by atoms with Crippen LogP contribution in [0.5, 0.6) is 5.75 Å². The molecule has 2 aliphatic heterocycles. The van der Waals surface area contributed by atoms with E-state index in [1.165, 1.54) is 10.4 Å². The average Bonchev–Trinajstić information content (AvgIpc) is 3.00. The number of amides is 2. The number of benzene rings is 1. The van der Waals surface area contributed by atoms with Crippen molar-refractivity contribution < 1.29 is 14.3 Å². The summed E-state index contributed by atoms with van der Waals surface area (Å²) in [6.45, 7) is 1.29. The van der Waals surface area contributed by atoms with Gasteiger partial charge < -0.3 is 15.0 Å². The zero-order chi connectivity index (χ0) is 15.1. The summed E-state index contributed by atoms with van der Waals surface area (Å²) in [5, 5.41) is 4.81. The molecule has 3 heterocycles. The van der Waals surface area contributed by atoms with Gasteiger partial charge in [-0.25, -0.2) is 0 Å². The Hall–Kier alpha value is -2.34. The van der Waals surface area contributed by atoms with Crippen molar-refractivity contribution in [3.05, 3.63) is 45.6 Å². The van der Waals surface area contributed by atoms with Crippen molar-refractivity contribution in [2.24, 2.45) is 0 Å². The van der Waals surface area contributed by atoms with E-state index in [0.717, 1.165) is 6.42 Å². The summed E-state index contributed by atoms with van der Waals surface area (Å²) in [6, 6.07) is 7.34. The van der Waals surface area contributed by atoms with Crippen molar-refractivity contribution in [1.29, 1.82) is 0 Å². The van der Waals surface area contributed by atoms with Gasteiger partial charge in [-0.3, -0.25) is 9.59 Å². The molecule has 0 unspecified atom stereocenters. The summed E-state index contributed by atoms with van der Waals surface area (Å²) in [4.78, 5) is 27.4. The number of nitrogens with one attached hydrogen (secondary N) is 1. The Labute approximate surface area is 131 Å². The van der Waals surface area contributed by atoms with Crippen molar-refractivity contribution in [2.75, 3.05) is 18.5 Å². The lowest BCUT2D eigenvalue weighted by atomic mass is 10.1. The second kappa shape index (κ2) is 5.14. The molecule has 112 valence electrons. The molecule has 5 nitrogen and oxygen atoms in total. The minimum absolute atomic E-state index is 0.0496. The first-order chi connectivity index (χ1) is 10.7. The molecule has 0 bridgehead atoms. The first-order valence-electron chi connectivity index (χ1n) is 7.12. The number of nitrogens with zero attached hydrogens (tertiary/aromatic N) is 1. The Kier molecular flexibility index (Phi) is 3.11. The molecule has 2 amide bonds. The number of hydrogen-bond donors (Lipinski definition) is 1. The van der Waals surface area contributed by atoms with E-state index < -0.39 is 0 Å². The summed E-state index contributed by atoms with van der Waals surface area (Å²) in [7, 11) is 0. The standard InChI is InChI=1S/C16H14N2O3S/c19-14-9-21-15-11(2-1-3-12(15)17-14)16(20)18-6-4-13-10(8-18)5-7-22-13/h1-3,5,7H,4,6,8-9H2,(H,17,19). The van der Waals surface area contributed by atoms with Crippen molar-refractivity contribution >= 4 is 28.8 Å². The zero-order valence-corrected chi connectivity index (χ0v) is 12.6. The summed E-state index contributed by atoms with van der Waals surface area (Å²) in [5.41, 5.74) is 2.30. The van der Waals surface area contributed by atoms with Crippen LogP contribution in [-0.2, 0) is 17.8 Å². The van der Waals surface area contributed by atoms with Gasteiger partial charge in [-0.05, 0) is 35.6 Å². The van der Waals surface area contributed by atoms with E-state index in [0.29, 0.717) is 30.1 Å². The molecule has 2 aromatic rings. The quantitative estimate of drug-likeness (QED) is 0.878. The highest BCUT2D eigenvalue weighted by atomic mass is 32.1. The second-order valence-electron chi connectivity index (χ2n) is 5.36. The molecule has 1 N–H and O–H groups in total. The first-order valence-corrected chi connectivity index (χ1v) is 8.00. The third kappa shape index (κ3) is 2.16. The van der Waals surface area contributed by atoms with Crippen LogP contribution >= 0.6 is 11.3 Å². The predicted molar refractivity (Wildman–Crippen MR) is 83.3 cm³/mol. The molecule has 0 radical (unpaired) electrons. The summed E-state index contributed by atoms with van der Waals surface area (Å²) >= 11 is 1.75. The van der Waals surface area contributed by atoms with E-state index in [4.69, 9.17) is 4.74 Å². The average molecular weight is 314 g/mol. The number of rotatable bonds is 1. The van der Waals surface area contributed by atoms with Crippen LogP contribution in [0.4, 0.5) is 5.69 Å². The number of para-hydroxylation sites is 1. The summed E-state index contributed by atoms with van der Waals surface area (Å²) < 4.78 is 5.48. The second-order valence-corrected chi connectivity index (χ2v) is 6.37. The fourth-order valence-corrected chi connectivity index (χ4v) is 3.77. The minimum Gasteiger partial charge on any atom is -0.481 e. The Bertz CT molecular complexity index is 769. The number of fused-ring (bicyclic) bond motifs is 2. The van der Waals surface area contributed by atoms with Gasteiger partial charge in [0.2, 0.25) is 0 Å². The fourth-order valence-electron chi connectivity index (χ4n) is 2.88. The Morgan fingerprint density at radius 1 is 1.32 bits per heavy atom. The molecule has 2 aliphatic rings. The molecule has 1 aromatic heterocycles. The van der Waals surface area contributed by atoms with Crippen LogP contribution in [0, 0.1) is 0 Å². The maximum absolute atomic E-state index is 12.8. The molecule has 1 aromatic carbocycles. The summed E-state index contributed by atoms with van der Waals surface area (Å²) in [6.07, 6.45) is 0.894. The number of ether oxygens (including phenoxy) is 1. The maximum atomic E-state index is 12.8. The van der Waals surface area contributed by atoms with Gasteiger partial charge in [0.05, 0.1) is 11.3 Å². The van der Waals surface area contributed by atoms with Crippen LogP contribution in [0.2, 0.25) is 0 Å². The zero-order valence-electron chi connectivity index (χ0n) is 11.8. The molecule has 0 fully saturated rings. The molecule has 0 atom stereocenters. The molecule has 4 rings (SSSR count). The maximum Gasteiger partial charge on any atom is 0.262 e. The Morgan fingerprint density at radius 2 is 2.23 bits per heavy atom. The molecular weight excluding hydrogens is 300 g/mol. The number of thiophene rings is 1. The Morgan fingerprint density at radius 3 is 3.14 bits per heavy atom. The van der Waals surface area contributed by atoms with Crippen LogP contribution < -0.4 is 10.1 Å². The highest BCUT2D eigenvalue weighted by Crippen LogP contribution is 2.33. The smallest absolute Gasteiger partial charge is 0.262 e. The van der Waals surface area contributed by atoms with Gasteiger partial charge in [0.15, 0.2) is 12.4 Å². The van der Waals surface area contributed by atoms with Gasteiger partial charge >= 0.3 is 0 Å². The molecular formula is C16H14N2O3S. The van der Waals surface area contributed by atoms with Crippen molar-refractivity contribution in [2.45, 2.75) is 13.0 Å². The topological polar surface area (TPSA) is 58.6 Å². The highest BCUT2D eigenvalue weighted by Gasteiger charge is 2.27. The predicted octanol–water partition coefficient (Wildman–Crippen LogP) is 2.28. The Balaban J connectivity index is 1.64. The normalized spacial score (nSPS) is 16.4. The van der Waals surface area contributed by atoms with Crippen molar-refractivity contribution in [3.8, 4) is 5.75 Å². The van der Waals surface area contributed by atoms with Gasteiger partial charge in [-0.2, -0.15) is 0 Å². The first kappa shape index (κ1) is 13.3. The molecule has 0 saturated carbocycles. The number of carbonyl (C=O) groups is 2. The SMILES string of the molecule is O=C1COc2c(cccc2C(=O)N2CCc3sccc3C2)N1. The van der Waals surface area contributed by atoms with Crippen LogP contribution in [0.15, 0.2) is 29.6 Å². The lowest BCUT2D eigenvalue weighted by Gasteiger charge is -2.28. The highest BCUT2D eigenvalue weighted by molar-refractivity contribution is 7.10. The third-order valence-electron chi connectivity index (χ3n) is 3.96. The fraction of sp³-hybridized carbons (Fsp3) is 0.250. The van der Waals surface area contributed by atoms with Crippen LogP contribution in [0.1, 0.15) is 20.8 Å². The van der Waals surface area contributed by atoms with Crippen molar-refractivity contribution in [3.63, 3.8) is 0 Å². The monoisotopic (exact) mass is 314 g/mol. The summed E-state index contributed by atoms with van der Waals surface area (Å²) in [5.74, 6) is 0.228. The number of anilines is 1. The van der Waals surface area contributed by atoms with Crippen LogP contribution in [0.25, 0.3) is 0 Å². The van der Waals surface area contributed by atoms with E-state index in [1.54, 1.807) is 29.5 Å². The molecule has 0 spiro atoms. The van der Waals surface area contributed by atoms with Gasteiger partial charge in [-0.1, -0.05) is 6.07 Å². The molecule has 22 heavy (non-hydrogen) atoms. The lowest BCUT2D eigenvalue weighted by Crippen LogP contribution is -2.36. The third-order valence-corrected chi connectivity index (χ3v) is 4.99. The minimum atomic E-state index is -0.196. The van der Waals surface area contributed by atoms with E-state index >= 15 is 0 Å². The van der Waals surface area contributed by atoms with Crippen molar-refractivity contribution in [1.82, 2.24) is 4.90 Å². The van der Waals surface area contributed by atoms with E-state index in [1.807, 2.05) is 4.90 Å². The largest absolute Gasteiger partial charge is 0.481 e. The van der Waals surface area contributed by atoms with Gasteiger partial charge in [0, 0.05) is 18.0 Å². The van der Waals surface area contributed by atoms with Gasteiger partial charge in [0.1, 0.15) is 0 Å². The van der Waals surface area contributed by atoms with Gasteiger partial charge in [0.25, 0.3) is 11.8 Å². The van der Waals surface area contributed by atoms with E-state index in [2.05, 4.69) is 16.8 Å². The number of carbonyl (C=O) groups excluding carboxylic acids is 2. The molecule has 6 heteroatoms. The van der Waals surface area contributed by atoms with Gasteiger partial charge in [-0.15, -0.1) is 11.3 Å². The van der Waals surface area contributed by atoms with E-state index in [9.17, 15) is 9.59 Å². The number of hydrogen-bond acceptors (Lipinski definition) is 4. The molecule has 0 aliphatic carbocycles. The van der Waals surface area contributed by atoms with E-state index in [-0.39, 0.29) is 18.4 Å². The van der Waals surface area contributed by atoms with Crippen LogP contribution in [-0.4, -0.2) is 29.9 Å².